The molecule has 0 atom stereocenters. The SMILES string of the molecule is CCOC(=O)c1ccc(NC(=O)Cc2csc(NC(=O)c3ccsc3)n2)cc1. The fourth-order valence-corrected chi connectivity index (χ4v) is 3.62. The van der Waals surface area contributed by atoms with Crippen molar-refractivity contribution in [3.63, 3.8) is 0 Å². The van der Waals surface area contributed by atoms with Crippen molar-refractivity contribution in [3.8, 4) is 0 Å². The maximum Gasteiger partial charge on any atom is 0.338 e. The van der Waals surface area contributed by atoms with E-state index in [4.69, 9.17) is 4.74 Å². The zero-order valence-corrected chi connectivity index (χ0v) is 16.6. The van der Waals surface area contributed by atoms with E-state index in [2.05, 4.69) is 15.6 Å². The van der Waals surface area contributed by atoms with Gasteiger partial charge in [0.05, 0.1) is 29.8 Å². The average Bonchev–Trinajstić information content (AvgIpc) is 3.35. The second-order valence-electron chi connectivity index (χ2n) is 5.63. The van der Waals surface area contributed by atoms with Crippen molar-refractivity contribution in [2.75, 3.05) is 17.2 Å². The van der Waals surface area contributed by atoms with Crippen molar-refractivity contribution in [3.05, 3.63) is 63.3 Å². The summed E-state index contributed by atoms with van der Waals surface area (Å²) in [6.07, 6.45) is 0.0739. The molecule has 0 saturated heterocycles. The molecule has 2 N–H and O–H groups in total. The lowest BCUT2D eigenvalue weighted by Crippen LogP contribution is -2.15. The van der Waals surface area contributed by atoms with Crippen molar-refractivity contribution in [2.45, 2.75) is 13.3 Å². The molecule has 2 heterocycles. The Morgan fingerprint density at radius 1 is 1.04 bits per heavy atom. The van der Waals surface area contributed by atoms with Gasteiger partial charge in [0.1, 0.15) is 0 Å². The van der Waals surface area contributed by atoms with Crippen LogP contribution in [-0.4, -0.2) is 29.4 Å². The molecule has 1 aromatic carbocycles. The average molecular weight is 415 g/mol. The minimum Gasteiger partial charge on any atom is -0.462 e. The van der Waals surface area contributed by atoms with Crippen molar-refractivity contribution in [1.82, 2.24) is 4.98 Å². The number of hydrogen-bond acceptors (Lipinski definition) is 7. The van der Waals surface area contributed by atoms with Gasteiger partial charge in [-0.1, -0.05) is 0 Å². The highest BCUT2D eigenvalue weighted by Crippen LogP contribution is 2.18. The number of benzene rings is 1. The minimum atomic E-state index is -0.403. The van der Waals surface area contributed by atoms with Gasteiger partial charge in [-0.15, -0.1) is 11.3 Å². The summed E-state index contributed by atoms with van der Waals surface area (Å²) in [6.45, 7) is 2.05. The lowest BCUT2D eigenvalue weighted by Gasteiger charge is -2.06. The number of thiophene rings is 1. The van der Waals surface area contributed by atoms with Gasteiger partial charge >= 0.3 is 5.97 Å². The van der Waals surface area contributed by atoms with Crippen LogP contribution in [0, 0.1) is 0 Å². The number of rotatable bonds is 7. The number of thiazole rings is 1. The van der Waals surface area contributed by atoms with E-state index >= 15 is 0 Å². The topological polar surface area (TPSA) is 97.4 Å². The summed E-state index contributed by atoms with van der Waals surface area (Å²) in [6, 6.07) is 8.19. The zero-order valence-electron chi connectivity index (χ0n) is 14.9. The first-order chi connectivity index (χ1) is 13.5. The highest BCUT2D eigenvalue weighted by Gasteiger charge is 2.12. The van der Waals surface area contributed by atoms with E-state index in [-0.39, 0.29) is 18.2 Å². The monoisotopic (exact) mass is 415 g/mol. The molecule has 0 aliphatic carbocycles. The molecule has 9 heteroatoms. The predicted molar refractivity (Wildman–Crippen MR) is 109 cm³/mol. The molecular weight excluding hydrogens is 398 g/mol. The normalized spacial score (nSPS) is 10.3. The third-order valence-electron chi connectivity index (χ3n) is 3.58. The van der Waals surface area contributed by atoms with Crippen LogP contribution in [0.4, 0.5) is 10.8 Å². The summed E-state index contributed by atoms with van der Waals surface area (Å²) in [5.74, 6) is -0.877. The summed E-state index contributed by atoms with van der Waals surface area (Å²) >= 11 is 2.70. The number of nitrogens with zero attached hydrogens (tertiary/aromatic N) is 1. The fraction of sp³-hybridized carbons (Fsp3) is 0.158. The molecule has 0 unspecified atom stereocenters. The quantitative estimate of drug-likeness (QED) is 0.572. The molecule has 2 aromatic heterocycles. The highest BCUT2D eigenvalue weighted by molar-refractivity contribution is 7.14. The van der Waals surface area contributed by atoms with Crippen LogP contribution in [0.1, 0.15) is 33.3 Å². The van der Waals surface area contributed by atoms with Crippen molar-refractivity contribution in [2.24, 2.45) is 0 Å². The van der Waals surface area contributed by atoms with Gasteiger partial charge in [0, 0.05) is 16.4 Å². The number of aromatic nitrogens is 1. The lowest BCUT2D eigenvalue weighted by atomic mass is 10.2. The largest absolute Gasteiger partial charge is 0.462 e. The summed E-state index contributed by atoms with van der Waals surface area (Å²) in [5.41, 5.74) is 2.13. The van der Waals surface area contributed by atoms with E-state index in [1.54, 1.807) is 48.0 Å². The van der Waals surface area contributed by atoms with Gasteiger partial charge in [0.2, 0.25) is 5.91 Å². The smallest absolute Gasteiger partial charge is 0.338 e. The Bertz CT molecular complexity index is 965. The van der Waals surface area contributed by atoms with Crippen LogP contribution in [0.15, 0.2) is 46.5 Å². The molecule has 144 valence electrons. The third kappa shape index (κ3) is 5.24. The van der Waals surface area contributed by atoms with Gasteiger partial charge in [-0.25, -0.2) is 9.78 Å². The molecule has 0 spiro atoms. The van der Waals surface area contributed by atoms with Crippen LogP contribution in [0.25, 0.3) is 0 Å². The van der Waals surface area contributed by atoms with E-state index in [0.717, 1.165) is 0 Å². The Hall–Kier alpha value is -3.04. The molecule has 28 heavy (non-hydrogen) atoms. The number of esters is 1. The van der Waals surface area contributed by atoms with E-state index < -0.39 is 5.97 Å². The van der Waals surface area contributed by atoms with Crippen molar-refractivity contribution >= 4 is 51.3 Å². The van der Waals surface area contributed by atoms with E-state index in [1.807, 2.05) is 5.38 Å². The second kappa shape index (κ2) is 9.25. The first kappa shape index (κ1) is 19.7. The number of hydrogen-bond donors (Lipinski definition) is 2. The Morgan fingerprint density at radius 2 is 1.82 bits per heavy atom. The third-order valence-corrected chi connectivity index (χ3v) is 5.07. The van der Waals surface area contributed by atoms with Gasteiger partial charge in [-0.3, -0.25) is 14.9 Å². The first-order valence-corrected chi connectivity index (χ1v) is 10.2. The zero-order chi connectivity index (χ0) is 19.9. The number of carbonyl (C=O) groups excluding carboxylic acids is 3. The molecular formula is C19H17N3O4S2. The lowest BCUT2D eigenvalue weighted by molar-refractivity contribution is -0.115. The Kier molecular flexibility index (Phi) is 6.51. The van der Waals surface area contributed by atoms with Crippen molar-refractivity contribution in [1.29, 1.82) is 0 Å². The Balaban J connectivity index is 1.53. The molecule has 3 aromatic rings. The maximum atomic E-state index is 12.2. The van der Waals surface area contributed by atoms with E-state index in [9.17, 15) is 14.4 Å². The number of carbonyl (C=O) groups is 3. The van der Waals surface area contributed by atoms with E-state index in [1.165, 1.54) is 22.7 Å². The molecule has 7 nitrogen and oxygen atoms in total. The van der Waals surface area contributed by atoms with Crippen LogP contribution in [-0.2, 0) is 16.0 Å². The summed E-state index contributed by atoms with van der Waals surface area (Å²) in [4.78, 5) is 40.1. The number of nitrogens with one attached hydrogen (secondary N) is 2. The fourth-order valence-electron chi connectivity index (χ4n) is 2.28. The minimum absolute atomic E-state index is 0.0739. The maximum absolute atomic E-state index is 12.2. The standard InChI is InChI=1S/C19H17N3O4S2/c1-2-26-18(25)12-3-5-14(6-4-12)20-16(23)9-15-11-28-19(21-15)22-17(24)13-7-8-27-10-13/h3-8,10-11H,2,9H2,1H3,(H,20,23)(H,21,22,24). The van der Waals surface area contributed by atoms with Crippen LogP contribution in [0.2, 0.25) is 0 Å². The summed E-state index contributed by atoms with van der Waals surface area (Å²) < 4.78 is 4.92. The number of amides is 2. The molecule has 3 rings (SSSR count). The van der Waals surface area contributed by atoms with Crippen LogP contribution in [0.3, 0.4) is 0 Å². The van der Waals surface area contributed by atoms with Crippen LogP contribution in [0.5, 0.6) is 0 Å². The molecule has 0 radical (unpaired) electrons. The summed E-state index contributed by atoms with van der Waals surface area (Å²) in [7, 11) is 0. The predicted octanol–water partition coefficient (Wildman–Crippen LogP) is 3.81. The Morgan fingerprint density at radius 3 is 2.50 bits per heavy atom. The van der Waals surface area contributed by atoms with Gasteiger partial charge in [-0.05, 0) is 42.6 Å². The second-order valence-corrected chi connectivity index (χ2v) is 7.27. The molecule has 0 saturated carbocycles. The molecule has 0 fully saturated rings. The first-order valence-electron chi connectivity index (χ1n) is 8.40. The number of anilines is 2. The van der Waals surface area contributed by atoms with Crippen molar-refractivity contribution < 1.29 is 19.1 Å². The van der Waals surface area contributed by atoms with Gasteiger partial charge in [-0.2, -0.15) is 11.3 Å². The van der Waals surface area contributed by atoms with Gasteiger partial charge in [0.15, 0.2) is 5.13 Å². The van der Waals surface area contributed by atoms with Gasteiger partial charge < -0.3 is 10.1 Å². The van der Waals surface area contributed by atoms with Gasteiger partial charge in [0.25, 0.3) is 5.91 Å². The van der Waals surface area contributed by atoms with E-state index in [0.29, 0.717) is 34.2 Å². The molecule has 2 amide bonds. The molecule has 0 bridgehead atoms. The number of ether oxygens (including phenoxy) is 1. The molecule has 0 aliphatic heterocycles. The molecule has 0 aliphatic rings. The highest BCUT2D eigenvalue weighted by atomic mass is 32.1. The Labute approximate surface area is 169 Å². The summed E-state index contributed by atoms with van der Waals surface area (Å²) in [5, 5.41) is 11.2. The van der Waals surface area contributed by atoms with Crippen LogP contribution >= 0.6 is 22.7 Å². The van der Waals surface area contributed by atoms with Crippen LogP contribution < -0.4 is 10.6 Å².